The molecular weight excluding hydrogens is 460 g/mol. The molecular formula is C25H27ClN2O4S. The number of hydrogen-bond donors (Lipinski definition) is 1. The number of carbonyl (C=O) groups is 1. The highest BCUT2D eigenvalue weighted by atomic mass is 35.5. The minimum absolute atomic E-state index is 0.0966. The fourth-order valence-electron chi connectivity index (χ4n) is 3.22. The minimum Gasteiger partial charge on any atom is -0.494 e. The van der Waals surface area contributed by atoms with Crippen LogP contribution in [0, 0.1) is 13.8 Å². The number of nitrogens with one attached hydrogen (secondary N) is 1. The molecule has 0 bridgehead atoms. The summed E-state index contributed by atoms with van der Waals surface area (Å²) in [5.74, 6) is 0.225. The number of aryl methyl sites for hydroxylation is 2. The van der Waals surface area contributed by atoms with Crippen molar-refractivity contribution in [2.24, 2.45) is 0 Å². The summed E-state index contributed by atoms with van der Waals surface area (Å²) in [6, 6.07) is 18.8. The summed E-state index contributed by atoms with van der Waals surface area (Å²) in [5, 5.41) is 3.22. The van der Waals surface area contributed by atoms with Crippen molar-refractivity contribution in [1.29, 1.82) is 0 Å². The molecule has 174 valence electrons. The van der Waals surface area contributed by atoms with Crippen molar-refractivity contribution in [2.45, 2.75) is 32.2 Å². The molecule has 3 rings (SSSR count). The van der Waals surface area contributed by atoms with Gasteiger partial charge in [0.05, 0.1) is 17.2 Å². The monoisotopic (exact) mass is 486 g/mol. The van der Waals surface area contributed by atoms with E-state index in [0.717, 1.165) is 21.0 Å². The molecule has 0 spiro atoms. The van der Waals surface area contributed by atoms with Gasteiger partial charge >= 0.3 is 0 Å². The Balaban J connectivity index is 1.87. The number of ether oxygens (including phenoxy) is 1. The van der Waals surface area contributed by atoms with Gasteiger partial charge in [0.15, 0.2) is 0 Å². The van der Waals surface area contributed by atoms with Crippen LogP contribution in [0.5, 0.6) is 5.75 Å². The van der Waals surface area contributed by atoms with Crippen LogP contribution in [0.2, 0.25) is 5.02 Å². The van der Waals surface area contributed by atoms with Crippen LogP contribution in [0.15, 0.2) is 71.6 Å². The molecule has 3 aromatic rings. The molecule has 0 aliphatic carbocycles. The van der Waals surface area contributed by atoms with E-state index in [4.69, 9.17) is 16.3 Å². The first-order chi connectivity index (χ1) is 15.7. The highest BCUT2D eigenvalue weighted by molar-refractivity contribution is 7.92. The highest BCUT2D eigenvalue weighted by Crippen LogP contribution is 2.28. The number of hydrogen-bond acceptors (Lipinski definition) is 4. The van der Waals surface area contributed by atoms with Crippen molar-refractivity contribution in [3.8, 4) is 5.75 Å². The third-order valence-electron chi connectivity index (χ3n) is 5.09. The van der Waals surface area contributed by atoms with Crippen molar-refractivity contribution < 1.29 is 17.9 Å². The second kappa shape index (κ2) is 10.7. The van der Waals surface area contributed by atoms with Crippen LogP contribution in [0.3, 0.4) is 0 Å². The number of amides is 1. The number of para-hydroxylation sites is 1. The fraction of sp³-hybridized carbons (Fsp3) is 0.240. The van der Waals surface area contributed by atoms with E-state index in [2.05, 4.69) is 5.32 Å². The summed E-state index contributed by atoms with van der Waals surface area (Å²) in [6.07, 6.45) is 0. The molecule has 3 aromatic carbocycles. The summed E-state index contributed by atoms with van der Waals surface area (Å²) < 4.78 is 33.6. The van der Waals surface area contributed by atoms with Crippen LogP contribution in [0.1, 0.15) is 23.6 Å². The quantitative estimate of drug-likeness (QED) is 0.468. The van der Waals surface area contributed by atoms with Gasteiger partial charge in [0.25, 0.3) is 10.0 Å². The molecule has 1 N–H and O–H groups in total. The largest absolute Gasteiger partial charge is 0.494 e. The number of rotatable bonds is 9. The molecule has 8 heteroatoms. The zero-order valence-electron chi connectivity index (χ0n) is 18.8. The normalized spacial score (nSPS) is 11.2. The summed E-state index contributed by atoms with van der Waals surface area (Å²) >= 11 is 6.26. The zero-order valence-corrected chi connectivity index (χ0v) is 20.4. The molecule has 33 heavy (non-hydrogen) atoms. The highest BCUT2D eigenvalue weighted by Gasteiger charge is 2.27. The molecule has 0 unspecified atom stereocenters. The van der Waals surface area contributed by atoms with E-state index in [9.17, 15) is 13.2 Å². The van der Waals surface area contributed by atoms with Crippen molar-refractivity contribution in [1.82, 2.24) is 5.32 Å². The van der Waals surface area contributed by atoms with E-state index in [-0.39, 0.29) is 11.4 Å². The van der Waals surface area contributed by atoms with Crippen LogP contribution >= 0.6 is 11.6 Å². The first-order valence-corrected chi connectivity index (χ1v) is 12.4. The lowest BCUT2D eigenvalue weighted by Crippen LogP contribution is -2.40. The lowest BCUT2D eigenvalue weighted by atomic mass is 10.2. The van der Waals surface area contributed by atoms with E-state index in [0.29, 0.717) is 23.1 Å². The number of sulfonamides is 1. The molecule has 6 nitrogen and oxygen atoms in total. The Morgan fingerprint density at radius 2 is 1.73 bits per heavy atom. The standard InChI is InChI=1S/C25H27ClN2O4S/c1-4-32-24-8-6-5-7-20(24)16-27-25(29)17-28(21-12-11-19(3)23(26)15-21)33(30,31)22-13-9-18(2)10-14-22/h5-15H,4,16-17H2,1-3H3,(H,27,29). The van der Waals surface area contributed by atoms with Gasteiger partial charge in [-0.05, 0) is 56.7 Å². The number of nitrogens with zero attached hydrogens (tertiary/aromatic N) is 1. The van der Waals surface area contributed by atoms with Gasteiger partial charge in [-0.2, -0.15) is 0 Å². The van der Waals surface area contributed by atoms with E-state index in [1.54, 1.807) is 30.3 Å². The second-order valence-corrected chi connectivity index (χ2v) is 9.85. The molecule has 0 saturated carbocycles. The molecule has 1 amide bonds. The molecule has 0 aromatic heterocycles. The van der Waals surface area contributed by atoms with Crippen molar-refractivity contribution in [2.75, 3.05) is 17.5 Å². The molecule has 0 radical (unpaired) electrons. The third-order valence-corrected chi connectivity index (χ3v) is 7.28. The van der Waals surface area contributed by atoms with Gasteiger partial charge in [0, 0.05) is 17.1 Å². The van der Waals surface area contributed by atoms with E-state index in [1.165, 1.54) is 12.1 Å². The summed E-state index contributed by atoms with van der Waals surface area (Å²) in [7, 11) is -4.01. The van der Waals surface area contributed by atoms with Crippen LogP contribution < -0.4 is 14.4 Å². The third kappa shape index (κ3) is 6.06. The SMILES string of the molecule is CCOc1ccccc1CNC(=O)CN(c1ccc(C)c(Cl)c1)S(=O)(=O)c1ccc(C)cc1. The van der Waals surface area contributed by atoms with Gasteiger partial charge in [-0.3, -0.25) is 9.10 Å². The van der Waals surface area contributed by atoms with Gasteiger partial charge in [-0.25, -0.2) is 8.42 Å². The van der Waals surface area contributed by atoms with Gasteiger partial charge in [0.2, 0.25) is 5.91 Å². The first-order valence-electron chi connectivity index (χ1n) is 10.6. The van der Waals surface area contributed by atoms with Crippen molar-refractivity contribution in [3.63, 3.8) is 0 Å². The van der Waals surface area contributed by atoms with E-state index < -0.39 is 22.5 Å². The maximum Gasteiger partial charge on any atom is 0.264 e. The smallest absolute Gasteiger partial charge is 0.264 e. The molecule has 0 fully saturated rings. The lowest BCUT2D eigenvalue weighted by molar-refractivity contribution is -0.119. The average Bonchev–Trinajstić information content (AvgIpc) is 2.79. The Kier molecular flexibility index (Phi) is 8.00. The predicted octanol–water partition coefficient (Wildman–Crippen LogP) is 4.87. The first kappa shape index (κ1) is 24.6. The van der Waals surface area contributed by atoms with Gasteiger partial charge in [-0.15, -0.1) is 0 Å². The Labute approximate surface area is 200 Å². The van der Waals surface area contributed by atoms with Crippen molar-refractivity contribution in [3.05, 3.63) is 88.4 Å². The maximum absolute atomic E-state index is 13.5. The molecule has 0 aliphatic rings. The van der Waals surface area contributed by atoms with Gasteiger partial charge < -0.3 is 10.1 Å². The van der Waals surface area contributed by atoms with Crippen LogP contribution in [-0.2, 0) is 21.4 Å². The topological polar surface area (TPSA) is 75.7 Å². The predicted molar refractivity (Wildman–Crippen MR) is 131 cm³/mol. The Morgan fingerprint density at radius 1 is 1.03 bits per heavy atom. The average molecular weight is 487 g/mol. The zero-order chi connectivity index (χ0) is 24.0. The van der Waals surface area contributed by atoms with E-state index in [1.807, 2.05) is 45.0 Å². The summed E-state index contributed by atoms with van der Waals surface area (Å²) in [6.45, 7) is 5.90. The van der Waals surface area contributed by atoms with E-state index >= 15 is 0 Å². The molecule has 0 aliphatic heterocycles. The number of halogens is 1. The minimum atomic E-state index is -4.01. The Morgan fingerprint density at radius 3 is 2.39 bits per heavy atom. The fourth-order valence-corrected chi connectivity index (χ4v) is 4.80. The lowest BCUT2D eigenvalue weighted by Gasteiger charge is -2.25. The van der Waals surface area contributed by atoms with Crippen LogP contribution in [-0.4, -0.2) is 27.5 Å². The molecule has 0 heterocycles. The molecule has 0 saturated heterocycles. The number of carbonyl (C=O) groups excluding carboxylic acids is 1. The van der Waals surface area contributed by atoms with Gasteiger partial charge in [-0.1, -0.05) is 53.6 Å². The van der Waals surface area contributed by atoms with Crippen LogP contribution in [0.25, 0.3) is 0 Å². The Bertz CT molecular complexity index is 1230. The van der Waals surface area contributed by atoms with Crippen molar-refractivity contribution >= 4 is 33.2 Å². The summed E-state index contributed by atoms with van der Waals surface area (Å²) in [4.78, 5) is 13.0. The second-order valence-electron chi connectivity index (χ2n) is 7.58. The number of benzene rings is 3. The molecule has 0 atom stereocenters. The van der Waals surface area contributed by atoms with Gasteiger partial charge in [0.1, 0.15) is 12.3 Å². The Hall–Kier alpha value is -3.03. The summed E-state index contributed by atoms with van der Waals surface area (Å²) in [5.41, 5.74) is 2.87. The maximum atomic E-state index is 13.5. The number of anilines is 1. The van der Waals surface area contributed by atoms with Crippen LogP contribution in [0.4, 0.5) is 5.69 Å².